The van der Waals surface area contributed by atoms with Crippen LogP contribution in [0.1, 0.15) is 35.2 Å². The van der Waals surface area contributed by atoms with Crippen LogP contribution >= 0.6 is 15.9 Å². The van der Waals surface area contributed by atoms with Crippen molar-refractivity contribution in [1.82, 2.24) is 4.90 Å². The largest absolute Gasteiger partial charge is 0.417 e. The standard InChI is InChI=1S/C14H12BrF3N2O/c15-12-5-2-9(8-11(12)14(16,17)18)13(21)20(7-1-6-19)10-3-4-10/h2,5,8,10H,1,3-4,7H2. The topological polar surface area (TPSA) is 44.1 Å². The molecule has 1 fully saturated rings. The van der Waals surface area contributed by atoms with E-state index in [1.807, 2.05) is 6.07 Å². The zero-order chi connectivity index (χ0) is 15.6. The number of halogens is 4. The van der Waals surface area contributed by atoms with E-state index in [2.05, 4.69) is 15.9 Å². The summed E-state index contributed by atoms with van der Waals surface area (Å²) in [5.74, 6) is -0.453. The minimum absolute atomic E-state index is 0.00429. The molecule has 1 amide bonds. The lowest BCUT2D eigenvalue weighted by Crippen LogP contribution is -2.34. The Labute approximate surface area is 128 Å². The summed E-state index contributed by atoms with van der Waals surface area (Å²) in [5.41, 5.74) is -0.875. The molecule has 3 nitrogen and oxygen atoms in total. The van der Waals surface area contributed by atoms with Crippen LogP contribution in [0, 0.1) is 11.3 Å². The number of nitrogens with zero attached hydrogens (tertiary/aromatic N) is 2. The first kappa shape index (κ1) is 15.8. The predicted molar refractivity (Wildman–Crippen MR) is 73.4 cm³/mol. The maximum Gasteiger partial charge on any atom is 0.417 e. The van der Waals surface area contributed by atoms with E-state index in [4.69, 9.17) is 5.26 Å². The van der Waals surface area contributed by atoms with Crippen LogP contribution in [0.3, 0.4) is 0 Å². The number of carbonyl (C=O) groups is 1. The summed E-state index contributed by atoms with van der Waals surface area (Å²) in [6.45, 7) is 0.247. The van der Waals surface area contributed by atoms with E-state index < -0.39 is 17.6 Å². The monoisotopic (exact) mass is 360 g/mol. The zero-order valence-corrected chi connectivity index (χ0v) is 12.5. The van der Waals surface area contributed by atoms with Crippen molar-refractivity contribution in [3.8, 4) is 6.07 Å². The van der Waals surface area contributed by atoms with E-state index in [1.54, 1.807) is 0 Å². The minimum atomic E-state index is -4.52. The van der Waals surface area contributed by atoms with Gasteiger partial charge in [-0.05, 0) is 31.0 Å². The summed E-state index contributed by atoms with van der Waals surface area (Å²) >= 11 is 2.85. The lowest BCUT2D eigenvalue weighted by Gasteiger charge is -2.22. The quantitative estimate of drug-likeness (QED) is 0.814. The molecule has 1 saturated carbocycles. The maximum atomic E-state index is 12.9. The number of amides is 1. The summed E-state index contributed by atoms with van der Waals surface area (Å²) in [6.07, 6.45) is -2.68. The third-order valence-electron chi connectivity index (χ3n) is 3.23. The van der Waals surface area contributed by atoms with Gasteiger partial charge in [-0.15, -0.1) is 0 Å². The molecule has 21 heavy (non-hydrogen) atoms. The molecule has 1 aromatic rings. The number of alkyl halides is 3. The van der Waals surface area contributed by atoms with Crippen LogP contribution in [-0.2, 0) is 6.18 Å². The molecule has 0 unspecified atom stereocenters. The normalized spacial score (nSPS) is 14.6. The van der Waals surface area contributed by atoms with Gasteiger partial charge in [0.15, 0.2) is 0 Å². The summed E-state index contributed by atoms with van der Waals surface area (Å²) in [6, 6.07) is 5.44. The van der Waals surface area contributed by atoms with E-state index in [0.29, 0.717) is 0 Å². The van der Waals surface area contributed by atoms with Gasteiger partial charge in [0.1, 0.15) is 0 Å². The first-order valence-electron chi connectivity index (χ1n) is 6.39. The fraction of sp³-hybridized carbons (Fsp3) is 0.429. The second-order valence-electron chi connectivity index (χ2n) is 4.83. The van der Waals surface area contributed by atoms with Crippen molar-refractivity contribution in [2.24, 2.45) is 0 Å². The van der Waals surface area contributed by atoms with Crippen molar-refractivity contribution < 1.29 is 18.0 Å². The smallest absolute Gasteiger partial charge is 0.335 e. The van der Waals surface area contributed by atoms with Crippen molar-refractivity contribution in [3.63, 3.8) is 0 Å². The van der Waals surface area contributed by atoms with Gasteiger partial charge in [-0.2, -0.15) is 18.4 Å². The fourth-order valence-electron chi connectivity index (χ4n) is 2.05. The number of nitriles is 1. The maximum absolute atomic E-state index is 12.9. The van der Waals surface area contributed by atoms with Crippen molar-refractivity contribution in [3.05, 3.63) is 33.8 Å². The molecule has 7 heteroatoms. The van der Waals surface area contributed by atoms with Crippen LogP contribution in [0.4, 0.5) is 13.2 Å². The number of hydrogen-bond donors (Lipinski definition) is 0. The molecule has 1 aromatic carbocycles. The molecule has 0 atom stereocenters. The van der Waals surface area contributed by atoms with Crippen molar-refractivity contribution in [2.75, 3.05) is 6.54 Å². The average molecular weight is 361 g/mol. The van der Waals surface area contributed by atoms with Crippen LogP contribution < -0.4 is 0 Å². The summed E-state index contributed by atoms with van der Waals surface area (Å²) in [5, 5.41) is 8.61. The molecule has 0 aromatic heterocycles. The Kier molecular flexibility index (Phi) is 4.57. The van der Waals surface area contributed by atoms with Gasteiger partial charge in [0.05, 0.1) is 18.1 Å². The van der Waals surface area contributed by atoms with E-state index in [1.165, 1.54) is 17.0 Å². The fourth-order valence-corrected chi connectivity index (χ4v) is 2.52. The lowest BCUT2D eigenvalue weighted by molar-refractivity contribution is -0.138. The predicted octanol–water partition coefficient (Wildman–Crippen LogP) is 3.99. The zero-order valence-electron chi connectivity index (χ0n) is 11.0. The van der Waals surface area contributed by atoms with Gasteiger partial charge in [0.25, 0.3) is 5.91 Å². The van der Waals surface area contributed by atoms with Crippen molar-refractivity contribution in [1.29, 1.82) is 5.26 Å². The van der Waals surface area contributed by atoms with Crippen LogP contribution in [0.25, 0.3) is 0 Å². The molecule has 0 bridgehead atoms. The molecular formula is C14H12BrF3N2O. The van der Waals surface area contributed by atoms with Crippen LogP contribution in [0.15, 0.2) is 22.7 Å². The van der Waals surface area contributed by atoms with Gasteiger partial charge < -0.3 is 4.90 Å². The van der Waals surface area contributed by atoms with Gasteiger partial charge in [0, 0.05) is 22.6 Å². The summed E-state index contributed by atoms with van der Waals surface area (Å²) in [7, 11) is 0. The molecule has 0 N–H and O–H groups in total. The molecule has 2 rings (SSSR count). The van der Waals surface area contributed by atoms with E-state index in [0.717, 1.165) is 18.9 Å². The minimum Gasteiger partial charge on any atom is -0.335 e. The molecule has 112 valence electrons. The summed E-state index contributed by atoms with van der Waals surface area (Å²) < 4.78 is 38.5. The molecule has 0 saturated heterocycles. The molecule has 0 heterocycles. The second-order valence-corrected chi connectivity index (χ2v) is 5.68. The molecular weight excluding hydrogens is 349 g/mol. The Hall–Kier alpha value is -1.55. The Balaban J connectivity index is 2.28. The van der Waals surface area contributed by atoms with Gasteiger partial charge >= 0.3 is 6.18 Å². The summed E-state index contributed by atoms with van der Waals surface area (Å²) in [4.78, 5) is 13.8. The lowest BCUT2D eigenvalue weighted by atomic mass is 10.1. The second kappa shape index (κ2) is 6.06. The van der Waals surface area contributed by atoms with E-state index in [9.17, 15) is 18.0 Å². The van der Waals surface area contributed by atoms with Crippen molar-refractivity contribution >= 4 is 21.8 Å². The highest BCUT2D eigenvalue weighted by atomic mass is 79.9. The van der Waals surface area contributed by atoms with Gasteiger partial charge in [-0.25, -0.2) is 0 Å². The first-order chi connectivity index (χ1) is 9.84. The van der Waals surface area contributed by atoms with Crippen molar-refractivity contribution in [2.45, 2.75) is 31.5 Å². The third kappa shape index (κ3) is 3.76. The van der Waals surface area contributed by atoms with Crippen LogP contribution in [0.5, 0.6) is 0 Å². The number of benzene rings is 1. The number of carbonyl (C=O) groups excluding carboxylic acids is 1. The number of hydrogen-bond acceptors (Lipinski definition) is 2. The first-order valence-corrected chi connectivity index (χ1v) is 7.18. The average Bonchev–Trinajstić information content (AvgIpc) is 3.22. The van der Waals surface area contributed by atoms with Gasteiger partial charge in [-0.3, -0.25) is 4.79 Å². The Morgan fingerprint density at radius 3 is 2.62 bits per heavy atom. The highest BCUT2D eigenvalue weighted by Crippen LogP contribution is 2.36. The highest BCUT2D eigenvalue weighted by Gasteiger charge is 2.36. The Morgan fingerprint density at radius 2 is 2.10 bits per heavy atom. The molecule has 1 aliphatic carbocycles. The molecule has 1 aliphatic rings. The molecule has 0 aliphatic heterocycles. The molecule has 0 radical (unpaired) electrons. The van der Waals surface area contributed by atoms with E-state index >= 15 is 0 Å². The Bertz CT molecular complexity index is 591. The number of rotatable bonds is 4. The Morgan fingerprint density at radius 1 is 1.43 bits per heavy atom. The van der Waals surface area contributed by atoms with E-state index in [-0.39, 0.29) is 29.0 Å². The SMILES string of the molecule is N#CCCN(C(=O)c1ccc(Br)c(C(F)(F)F)c1)C1CC1. The van der Waals surface area contributed by atoms with Gasteiger partial charge in [-0.1, -0.05) is 15.9 Å². The van der Waals surface area contributed by atoms with Gasteiger partial charge in [0.2, 0.25) is 0 Å². The van der Waals surface area contributed by atoms with Crippen LogP contribution in [-0.4, -0.2) is 23.4 Å². The highest BCUT2D eigenvalue weighted by molar-refractivity contribution is 9.10. The van der Waals surface area contributed by atoms with Crippen LogP contribution in [0.2, 0.25) is 0 Å². The molecule has 0 spiro atoms. The third-order valence-corrected chi connectivity index (χ3v) is 3.92.